The van der Waals surface area contributed by atoms with Crippen molar-refractivity contribution >= 4 is 29.7 Å². The monoisotopic (exact) mass is 463 g/mol. The van der Waals surface area contributed by atoms with Crippen LogP contribution in [0.4, 0.5) is 0 Å². The maximum Gasteiger partial charge on any atom is 0.573 e. The highest BCUT2D eigenvalue weighted by molar-refractivity contribution is 8.00. The minimum atomic E-state index is -1.81. The minimum absolute atomic E-state index is 0.161. The molecule has 0 saturated carbocycles. The molecule has 1 fully saturated rings. The highest BCUT2D eigenvalue weighted by Crippen LogP contribution is 2.39. The third kappa shape index (κ3) is 4.31. The number of nitrogens with one attached hydrogen (secondary N) is 1. The molecule has 0 aliphatic carbocycles. The number of aliphatic hydroxyl groups excluding tert-OH is 1. The molecule has 9 nitrogen and oxygen atoms in total. The molecule has 1 saturated heterocycles. The Morgan fingerprint density at radius 3 is 2.74 bits per heavy atom. The molecule has 1 aromatic heterocycles. The Morgan fingerprint density at radius 1 is 1.23 bits per heavy atom. The molecule has 0 bridgehead atoms. The lowest BCUT2D eigenvalue weighted by molar-refractivity contribution is -0.0983. The standard InChI is InChI=1S/C20H19N2O7PS/c1-20(26)17(24)15(28-18(20)22-10-9-16(23)21-19(22)25)11-27-30(31)29-14-8-4-6-12-5-2-3-7-13(12)14/h2-10,15,17-18,24,26H,11H2,1H3/p+1. The van der Waals surface area contributed by atoms with E-state index in [-0.39, 0.29) is 6.61 Å². The molecule has 0 radical (unpaired) electrons. The number of hydrogen-bond acceptors (Lipinski definition) is 8. The minimum Gasteiger partial charge on any atom is -0.387 e. The number of rotatable bonds is 6. The van der Waals surface area contributed by atoms with E-state index in [2.05, 4.69) is 4.98 Å². The number of fused-ring (bicyclic) bond motifs is 1. The van der Waals surface area contributed by atoms with E-state index < -0.39 is 42.4 Å². The van der Waals surface area contributed by atoms with Crippen molar-refractivity contribution in [3.8, 4) is 5.75 Å². The van der Waals surface area contributed by atoms with Crippen LogP contribution in [0.5, 0.6) is 5.75 Å². The summed E-state index contributed by atoms with van der Waals surface area (Å²) < 4.78 is 18.1. The molecule has 3 aromatic rings. The number of aromatic nitrogens is 2. The van der Waals surface area contributed by atoms with Crippen molar-refractivity contribution in [3.05, 3.63) is 75.6 Å². The third-order valence-corrected chi connectivity index (χ3v) is 6.37. The van der Waals surface area contributed by atoms with Crippen molar-refractivity contribution in [1.29, 1.82) is 0 Å². The van der Waals surface area contributed by atoms with Gasteiger partial charge in [0, 0.05) is 17.6 Å². The van der Waals surface area contributed by atoms with E-state index in [1.54, 1.807) is 6.07 Å². The Balaban J connectivity index is 1.45. The van der Waals surface area contributed by atoms with Gasteiger partial charge in [0.25, 0.3) is 5.56 Å². The fraction of sp³-hybridized carbons (Fsp3) is 0.300. The van der Waals surface area contributed by atoms with Gasteiger partial charge >= 0.3 is 12.8 Å². The van der Waals surface area contributed by atoms with Crippen LogP contribution < -0.4 is 15.8 Å². The van der Waals surface area contributed by atoms with Gasteiger partial charge in [-0.2, -0.15) is 0 Å². The van der Waals surface area contributed by atoms with Crippen molar-refractivity contribution in [2.75, 3.05) is 6.61 Å². The molecule has 0 spiro atoms. The number of H-pyrrole nitrogens is 1. The first-order valence-electron chi connectivity index (χ1n) is 9.40. The molecule has 0 amide bonds. The SMILES string of the molecule is CC1(O)C(O)C(CO[P+](=S)Oc2cccc3ccccc23)OC1n1ccc(=O)[nH]c1=O. The van der Waals surface area contributed by atoms with Crippen LogP contribution in [0.25, 0.3) is 10.8 Å². The lowest BCUT2D eigenvalue weighted by Crippen LogP contribution is -2.46. The van der Waals surface area contributed by atoms with Gasteiger partial charge in [0.05, 0.1) is 0 Å². The molecule has 5 atom stereocenters. The summed E-state index contributed by atoms with van der Waals surface area (Å²) in [6.07, 6.45) is -2.37. The molecule has 1 aliphatic heterocycles. The Morgan fingerprint density at radius 2 is 1.97 bits per heavy atom. The summed E-state index contributed by atoms with van der Waals surface area (Å²) in [4.78, 5) is 25.5. The van der Waals surface area contributed by atoms with E-state index in [4.69, 9.17) is 25.6 Å². The molecular weight excluding hydrogens is 443 g/mol. The van der Waals surface area contributed by atoms with Gasteiger partial charge in [0.2, 0.25) is 11.8 Å². The van der Waals surface area contributed by atoms with Gasteiger partial charge in [-0.25, -0.2) is 9.32 Å². The van der Waals surface area contributed by atoms with Crippen molar-refractivity contribution in [1.82, 2.24) is 9.55 Å². The molecule has 5 unspecified atom stereocenters. The summed E-state index contributed by atoms with van der Waals surface area (Å²) in [6, 6.07) is 14.4. The number of aliphatic hydroxyl groups is 2. The van der Waals surface area contributed by atoms with E-state index in [0.717, 1.165) is 21.4 Å². The van der Waals surface area contributed by atoms with Crippen LogP contribution >= 0.6 is 7.15 Å². The molecule has 2 aromatic carbocycles. The van der Waals surface area contributed by atoms with Crippen LogP contribution in [0.3, 0.4) is 0 Å². The second-order valence-electron chi connectivity index (χ2n) is 7.30. The molecule has 3 N–H and O–H groups in total. The molecule has 4 rings (SSSR count). The van der Waals surface area contributed by atoms with Gasteiger partial charge in [-0.15, -0.1) is 4.52 Å². The first-order valence-corrected chi connectivity index (χ1v) is 11.6. The zero-order valence-electron chi connectivity index (χ0n) is 16.4. The van der Waals surface area contributed by atoms with E-state index in [0.29, 0.717) is 5.75 Å². The fourth-order valence-electron chi connectivity index (χ4n) is 3.51. The zero-order valence-corrected chi connectivity index (χ0v) is 18.1. The number of aromatic amines is 1. The lowest BCUT2D eigenvalue weighted by atomic mass is 9.96. The Kier molecular flexibility index (Phi) is 6.02. The van der Waals surface area contributed by atoms with Crippen molar-refractivity contribution in [2.24, 2.45) is 0 Å². The van der Waals surface area contributed by atoms with Crippen LogP contribution in [0.1, 0.15) is 13.2 Å². The predicted octanol–water partition coefficient (Wildman–Crippen LogP) is 1.57. The number of hydrogen-bond donors (Lipinski definition) is 3. The first kappa shape index (κ1) is 21.8. The largest absolute Gasteiger partial charge is 0.573 e. The highest BCUT2D eigenvalue weighted by atomic mass is 32.4. The van der Waals surface area contributed by atoms with Crippen LogP contribution in [-0.4, -0.2) is 44.2 Å². The van der Waals surface area contributed by atoms with Crippen LogP contribution in [0.15, 0.2) is 64.3 Å². The summed E-state index contributed by atoms with van der Waals surface area (Å²) in [5.41, 5.74) is -3.16. The summed E-state index contributed by atoms with van der Waals surface area (Å²) in [5.74, 6) is 0.580. The Bertz CT molecular complexity index is 1240. The maximum absolute atomic E-state index is 12.1. The highest BCUT2D eigenvalue weighted by Gasteiger charge is 2.54. The number of ether oxygens (including phenoxy) is 1. The van der Waals surface area contributed by atoms with Gasteiger partial charge in [0.15, 0.2) is 12.0 Å². The number of nitrogens with zero attached hydrogens (tertiary/aromatic N) is 1. The molecule has 31 heavy (non-hydrogen) atoms. The predicted molar refractivity (Wildman–Crippen MR) is 117 cm³/mol. The topological polar surface area (TPSA) is 123 Å². The molecule has 1 aliphatic rings. The van der Waals surface area contributed by atoms with Crippen LogP contribution in [0, 0.1) is 0 Å². The van der Waals surface area contributed by atoms with Gasteiger partial charge in [-0.05, 0) is 18.4 Å². The van der Waals surface area contributed by atoms with Crippen molar-refractivity contribution in [3.63, 3.8) is 0 Å². The van der Waals surface area contributed by atoms with E-state index in [1.807, 2.05) is 36.4 Å². The average Bonchev–Trinajstić information content (AvgIpc) is 2.96. The fourth-order valence-corrected chi connectivity index (χ4v) is 4.57. The van der Waals surface area contributed by atoms with Gasteiger partial charge in [-0.1, -0.05) is 36.4 Å². The summed E-state index contributed by atoms with van der Waals surface area (Å²) in [6.45, 7) is 1.18. The van der Waals surface area contributed by atoms with E-state index in [9.17, 15) is 19.8 Å². The van der Waals surface area contributed by atoms with Crippen molar-refractivity contribution in [2.45, 2.75) is 31.0 Å². The molecular formula is C20H20N2O7PS+. The first-order chi connectivity index (χ1) is 14.8. The Hall–Kier alpha value is -2.46. The number of benzene rings is 2. The molecule has 11 heteroatoms. The van der Waals surface area contributed by atoms with Crippen molar-refractivity contribution < 1.29 is 24.0 Å². The summed E-state index contributed by atoms with van der Waals surface area (Å²) >= 11 is 5.30. The average molecular weight is 463 g/mol. The molecule has 2 heterocycles. The van der Waals surface area contributed by atoms with Crippen LogP contribution in [-0.2, 0) is 21.1 Å². The second-order valence-corrected chi connectivity index (χ2v) is 9.09. The quantitative estimate of drug-likeness (QED) is 0.471. The Labute approximate surface area is 182 Å². The van der Waals surface area contributed by atoms with E-state index >= 15 is 0 Å². The normalized spacial score (nSPS) is 26.2. The second kappa shape index (κ2) is 8.58. The summed E-state index contributed by atoms with van der Waals surface area (Å²) in [7, 11) is -1.78. The van der Waals surface area contributed by atoms with Gasteiger partial charge < -0.3 is 14.9 Å². The van der Waals surface area contributed by atoms with Crippen LogP contribution in [0.2, 0.25) is 0 Å². The van der Waals surface area contributed by atoms with E-state index in [1.165, 1.54) is 13.1 Å². The van der Waals surface area contributed by atoms with Gasteiger partial charge in [-0.3, -0.25) is 14.3 Å². The molecule has 162 valence electrons. The smallest absolute Gasteiger partial charge is 0.387 e. The summed E-state index contributed by atoms with van der Waals surface area (Å²) in [5, 5.41) is 23.1. The zero-order chi connectivity index (χ0) is 22.2. The third-order valence-electron chi connectivity index (χ3n) is 5.13. The lowest BCUT2D eigenvalue weighted by Gasteiger charge is -2.27. The maximum atomic E-state index is 12.1. The van der Waals surface area contributed by atoms with Gasteiger partial charge in [0.1, 0.15) is 24.4 Å².